The Bertz CT molecular complexity index is 788. The minimum atomic E-state index is -1.76. The summed E-state index contributed by atoms with van der Waals surface area (Å²) in [7, 11) is 0.111. The lowest BCUT2D eigenvalue weighted by molar-refractivity contribution is -0.120. The van der Waals surface area contributed by atoms with Gasteiger partial charge in [0.1, 0.15) is 23.2 Å². The molecule has 0 aliphatic rings. The van der Waals surface area contributed by atoms with Crippen LogP contribution in [-0.4, -0.2) is 32.2 Å². The van der Waals surface area contributed by atoms with Gasteiger partial charge in [-0.3, -0.25) is 4.79 Å². The third kappa shape index (κ3) is 5.56. The van der Waals surface area contributed by atoms with Gasteiger partial charge in [-0.2, -0.15) is 0 Å². The predicted octanol–water partition coefficient (Wildman–Crippen LogP) is 3.49. The van der Waals surface area contributed by atoms with E-state index in [1.54, 1.807) is 0 Å². The lowest BCUT2D eigenvalue weighted by atomic mass is 10.3. The second-order valence-electron chi connectivity index (χ2n) is 7.45. The maximum atomic E-state index is 11.9. The van der Waals surface area contributed by atoms with Gasteiger partial charge in [-0.25, -0.2) is 0 Å². The molecular formula is C26H32N2OP+. The molecule has 0 aliphatic heterocycles. The minimum absolute atomic E-state index is 0.125. The molecule has 156 valence electrons. The van der Waals surface area contributed by atoms with Crippen molar-refractivity contribution in [2.45, 2.75) is 19.3 Å². The van der Waals surface area contributed by atoms with Gasteiger partial charge in [0.05, 0.1) is 6.16 Å². The topological polar surface area (TPSA) is 41.1 Å². The summed E-state index contributed by atoms with van der Waals surface area (Å²) in [5, 5.41) is 10.3. The van der Waals surface area contributed by atoms with Crippen molar-refractivity contribution in [3.8, 4) is 0 Å². The molecule has 3 aromatic carbocycles. The molecule has 0 bridgehead atoms. The highest BCUT2D eigenvalue weighted by atomic mass is 31.2. The van der Waals surface area contributed by atoms with Gasteiger partial charge < -0.3 is 10.6 Å². The van der Waals surface area contributed by atoms with E-state index in [0.717, 1.165) is 32.1 Å². The van der Waals surface area contributed by atoms with Gasteiger partial charge in [-0.05, 0) is 56.3 Å². The van der Waals surface area contributed by atoms with Crippen molar-refractivity contribution in [3.05, 3.63) is 91.0 Å². The van der Waals surface area contributed by atoms with Crippen LogP contribution in [0.25, 0.3) is 0 Å². The van der Waals surface area contributed by atoms with Crippen LogP contribution in [0.1, 0.15) is 19.3 Å². The highest BCUT2D eigenvalue weighted by Gasteiger charge is 2.44. The van der Waals surface area contributed by atoms with Crippen molar-refractivity contribution in [2.75, 3.05) is 26.3 Å². The number of rotatable bonds is 11. The number of unbranched alkanes of at least 4 members (excludes halogenated alkanes) is 1. The normalized spacial score (nSPS) is 11.2. The molecule has 0 saturated heterocycles. The van der Waals surface area contributed by atoms with Crippen LogP contribution < -0.4 is 26.5 Å². The second kappa shape index (κ2) is 11.6. The fourth-order valence-electron chi connectivity index (χ4n) is 3.91. The van der Waals surface area contributed by atoms with Gasteiger partial charge in [0.25, 0.3) is 0 Å². The van der Waals surface area contributed by atoms with Crippen LogP contribution in [0.3, 0.4) is 0 Å². The summed E-state index contributed by atoms with van der Waals surface area (Å²) in [6.45, 7) is 1.46. The average molecular weight is 420 g/mol. The van der Waals surface area contributed by atoms with Crippen LogP contribution in [0.15, 0.2) is 91.0 Å². The Hall–Kier alpha value is -2.48. The third-order valence-electron chi connectivity index (χ3n) is 5.44. The van der Waals surface area contributed by atoms with Crippen molar-refractivity contribution >= 4 is 29.1 Å². The van der Waals surface area contributed by atoms with Gasteiger partial charge in [0.15, 0.2) is 0 Å². The zero-order chi connectivity index (χ0) is 21.1. The van der Waals surface area contributed by atoms with Crippen molar-refractivity contribution in [1.82, 2.24) is 10.6 Å². The monoisotopic (exact) mass is 419 g/mol. The van der Waals surface area contributed by atoms with E-state index >= 15 is 0 Å². The molecule has 4 heteroatoms. The van der Waals surface area contributed by atoms with Crippen LogP contribution in [-0.2, 0) is 4.79 Å². The van der Waals surface area contributed by atoms with E-state index in [1.165, 1.54) is 15.9 Å². The molecule has 3 nitrogen and oxygen atoms in total. The molecule has 0 heterocycles. The van der Waals surface area contributed by atoms with Gasteiger partial charge in [0.2, 0.25) is 5.91 Å². The van der Waals surface area contributed by atoms with E-state index in [1.807, 2.05) is 7.05 Å². The first-order valence-electron chi connectivity index (χ1n) is 10.7. The Labute approximate surface area is 181 Å². The molecule has 0 unspecified atom stereocenters. The first-order chi connectivity index (χ1) is 14.8. The second-order valence-corrected chi connectivity index (χ2v) is 11.1. The zero-order valence-electron chi connectivity index (χ0n) is 17.8. The van der Waals surface area contributed by atoms with Crippen LogP contribution in [0.5, 0.6) is 0 Å². The number of carbonyl (C=O) groups is 1. The Morgan fingerprint density at radius 1 is 0.700 bits per heavy atom. The first-order valence-corrected chi connectivity index (χ1v) is 12.7. The molecule has 0 spiro atoms. The molecule has 0 atom stereocenters. The summed E-state index contributed by atoms with van der Waals surface area (Å²) in [5.74, 6) is 0.125. The lowest BCUT2D eigenvalue weighted by Gasteiger charge is -2.27. The largest absolute Gasteiger partial charge is 0.356 e. The van der Waals surface area contributed by atoms with E-state index in [-0.39, 0.29) is 5.91 Å². The summed E-state index contributed by atoms with van der Waals surface area (Å²) in [4.78, 5) is 11.9. The molecule has 30 heavy (non-hydrogen) atoms. The summed E-state index contributed by atoms with van der Waals surface area (Å²) in [6.07, 6.45) is 3.68. The van der Waals surface area contributed by atoms with Crippen LogP contribution in [0.2, 0.25) is 0 Å². The van der Waals surface area contributed by atoms with Gasteiger partial charge >= 0.3 is 0 Å². The lowest BCUT2D eigenvalue weighted by Crippen LogP contribution is -2.33. The Kier molecular flexibility index (Phi) is 8.62. The van der Waals surface area contributed by atoms with Crippen molar-refractivity contribution in [3.63, 3.8) is 0 Å². The summed E-state index contributed by atoms with van der Waals surface area (Å²) < 4.78 is 0. The van der Waals surface area contributed by atoms with Crippen molar-refractivity contribution < 1.29 is 4.79 Å². The Morgan fingerprint density at radius 2 is 1.17 bits per heavy atom. The highest BCUT2D eigenvalue weighted by molar-refractivity contribution is 7.95. The molecule has 3 rings (SSSR count). The molecule has 0 aliphatic carbocycles. The Balaban J connectivity index is 1.84. The first kappa shape index (κ1) is 22.2. The molecule has 2 N–H and O–H groups in total. The number of benzene rings is 3. The molecule has 0 aromatic heterocycles. The zero-order valence-corrected chi connectivity index (χ0v) is 18.7. The third-order valence-corrected chi connectivity index (χ3v) is 9.96. The van der Waals surface area contributed by atoms with E-state index in [2.05, 4.69) is 102 Å². The predicted molar refractivity (Wildman–Crippen MR) is 131 cm³/mol. The Morgan fingerprint density at radius 3 is 1.60 bits per heavy atom. The maximum absolute atomic E-state index is 11.9. The van der Waals surface area contributed by atoms with Gasteiger partial charge in [-0.1, -0.05) is 54.6 Å². The van der Waals surface area contributed by atoms with Crippen molar-refractivity contribution in [1.29, 1.82) is 0 Å². The van der Waals surface area contributed by atoms with Crippen molar-refractivity contribution in [2.24, 2.45) is 0 Å². The van der Waals surface area contributed by atoms with Gasteiger partial charge in [0, 0.05) is 19.5 Å². The fraction of sp³-hybridized carbons (Fsp3) is 0.269. The molecule has 1 amide bonds. The molecule has 3 aromatic rings. The average Bonchev–Trinajstić information content (AvgIpc) is 2.82. The number of amides is 1. The van der Waals surface area contributed by atoms with E-state index in [4.69, 9.17) is 0 Å². The van der Waals surface area contributed by atoms with E-state index in [9.17, 15) is 4.79 Å². The standard InChI is InChI=1S/C26H31N2OP/c1-27-21-19-26(29)28-20-11-12-22-30(23-13-5-2-6-14-23,24-15-7-3-8-16-24)25-17-9-4-10-18-25/h2-10,13-18,27H,11-12,19-22H2,1H3/p+1. The van der Waals surface area contributed by atoms with Gasteiger partial charge in [-0.15, -0.1) is 0 Å². The molecule has 0 fully saturated rings. The smallest absolute Gasteiger partial charge is 0.221 e. The number of hydrogen-bond donors (Lipinski definition) is 2. The molecule has 0 radical (unpaired) electrons. The number of carbonyl (C=O) groups excluding carboxylic acids is 1. The highest BCUT2D eigenvalue weighted by Crippen LogP contribution is 2.55. The fourth-order valence-corrected chi connectivity index (χ4v) is 8.32. The molecular weight excluding hydrogens is 387 g/mol. The minimum Gasteiger partial charge on any atom is -0.356 e. The van der Waals surface area contributed by atoms with E-state index < -0.39 is 7.26 Å². The van der Waals surface area contributed by atoms with E-state index in [0.29, 0.717) is 6.42 Å². The SMILES string of the molecule is CNCCC(=O)NCCCC[P+](c1ccccc1)(c1ccccc1)c1ccccc1. The quantitative estimate of drug-likeness (QED) is 0.369. The maximum Gasteiger partial charge on any atom is 0.221 e. The number of nitrogens with one attached hydrogen (secondary N) is 2. The van der Waals surface area contributed by atoms with Crippen LogP contribution in [0, 0.1) is 0 Å². The number of hydrogen-bond acceptors (Lipinski definition) is 2. The van der Waals surface area contributed by atoms with Crippen LogP contribution in [0.4, 0.5) is 0 Å². The summed E-state index contributed by atoms with van der Waals surface area (Å²) in [6, 6.07) is 32.9. The van der Waals surface area contributed by atoms with Crippen LogP contribution >= 0.6 is 7.26 Å². The summed E-state index contributed by atoms with van der Waals surface area (Å²) in [5.41, 5.74) is 0. The summed E-state index contributed by atoms with van der Waals surface area (Å²) >= 11 is 0. The molecule has 0 saturated carbocycles.